The summed E-state index contributed by atoms with van der Waals surface area (Å²) < 4.78 is 0. The van der Waals surface area contributed by atoms with Gasteiger partial charge in [-0.1, -0.05) is 174 Å². The molecular formula is C56H59N3. The minimum Gasteiger partial charge on any atom is -0.398 e. The lowest BCUT2D eigenvalue weighted by atomic mass is 9.91. The van der Waals surface area contributed by atoms with Gasteiger partial charge in [0.05, 0.1) is 5.69 Å². The highest BCUT2D eigenvalue weighted by molar-refractivity contribution is 5.86. The van der Waals surface area contributed by atoms with Gasteiger partial charge in [0.1, 0.15) is 0 Å². The van der Waals surface area contributed by atoms with Crippen molar-refractivity contribution in [1.29, 1.82) is 0 Å². The molecule has 5 aromatic carbocycles. The van der Waals surface area contributed by atoms with Gasteiger partial charge in [0, 0.05) is 58.6 Å². The largest absolute Gasteiger partial charge is 0.398 e. The summed E-state index contributed by atoms with van der Waals surface area (Å²) in [5.41, 5.74) is 25.0. The van der Waals surface area contributed by atoms with E-state index in [2.05, 4.69) is 188 Å². The van der Waals surface area contributed by atoms with E-state index in [4.69, 9.17) is 5.73 Å². The van der Waals surface area contributed by atoms with Crippen molar-refractivity contribution in [2.24, 2.45) is 0 Å². The average Bonchev–Trinajstić information content (AvgIpc) is 3.82. The number of benzene rings is 5. The first-order chi connectivity index (χ1) is 28.9. The smallest absolute Gasteiger partial charge is 0.0531 e. The van der Waals surface area contributed by atoms with Crippen LogP contribution in [-0.2, 0) is 12.8 Å². The summed E-state index contributed by atoms with van der Waals surface area (Å²) >= 11 is 0. The van der Waals surface area contributed by atoms with Gasteiger partial charge in [0.25, 0.3) is 0 Å². The Bertz CT molecular complexity index is 2450. The second kappa shape index (κ2) is 20.2. The van der Waals surface area contributed by atoms with E-state index >= 15 is 0 Å². The fourth-order valence-corrected chi connectivity index (χ4v) is 7.93. The normalized spacial score (nSPS) is 17.5. The molecule has 1 aliphatic heterocycles. The van der Waals surface area contributed by atoms with Crippen LogP contribution in [0.4, 0.5) is 17.1 Å². The Balaban J connectivity index is 0.00000142. The fraction of sp³-hybridized carbons (Fsp3) is 0.179. The molecule has 0 amide bonds. The first kappa shape index (κ1) is 42.0. The number of nitrogen functional groups attached to an aromatic ring is 1. The van der Waals surface area contributed by atoms with Gasteiger partial charge < -0.3 is 15.5 Å². The Kier molecular flexibility index (Phi) is 14.4. The van der Waals surface area contributed by atoms with E-state index in [1.807, 2.05) is 39.8 Å². The zero-order valence-corrected chi connectivity index (χ0v) is 35.6. The van der Waals surface area contributed by atoms with Crippen molar-refractivity contribution in [3.05, 3.63) is 239 Å². The predicted molar refractivity (Wildman–Crippen MR) is 257 cm³/mol. The molecule has 0 unspecified atom stereocenters. The summed E-state index contributed by atoms with van der Waals surface area (Å²) in [7, 11) is 0. The van der Waals surface area contributed by atoms with E-state index in [0.717, 1.165) is 77.0 Å². The van der Waals surface area contributed by atoms with Crippen LogP contribution in [0.3, 0.4) is 0 Å². The molecule has 3 nitrogen and oxygen atoms in total. The van der Waals surface area contributed by atoms with Crippen LogP contribution in [0.1, 0.15) is 87.3 Å². The molecule has 3 aliphatic rings. The number of anilines is 3. The zero-order valence-electron chi connectivity index (χ0n) is 35.6. The van der Waals surface area contributed by atoms with Crippen molar-refractivity contribution in [3.8, 4) is 0 Å². The first-order valence-corrected chi connectivity index (χ1v) is 21.2. The molecule has 0 spiro atoms. The molecule has 0 radical (unpaired) electrons. The number of nitrogens with two attached hydrogens (primary N) is 1. The maximum absolute atomic E-state index is 6.49. The molecule has 5 aromatic rings. The minimum atomic E-state index is 0.775. The molecule has 8 rings (SSSR count). The van der Waals surface area contributed by atoms with Crippen LogP contribution < -0.4 is 10.6 Å². The standard InChI is InChI=1S/C52H47N3.2C2H6/c1-37-25-26-39(3)52(35-42-17-7-10-20-46(37)42)55(44-18-8-9-19-44)45-31-27-38(2)47-21-12-14-24-51(47)54(36-45)43-32-28-40(29-33-43)30-34-48(41-15-5-4-6-16-41)49-22-11-13-23-50(49)53;2*1-2/h4-18,20-26,28-29,32-34,36H,1-2,19,27,30-31,35,53H2,3H3;2*1-2H3/b26-25-,45-36+,48-34-,52-39+;;. The molecule has 2 aliphatic carbocycles. The minimum absolute atomic E-state index is 0.775. The van der Waals surface area contributed by atoms with Gasteiger partial charge in [0.2, 0.25) is 0 Å². The Morgan fingerprint density at radius 2 is 1.41 bits per heavy atom. The van der Waals surface area contributed by atoms with E-state index in [9.17, 15) is 0 Å². The lowest BCUT2D eigenvalue weighted by molar-refractivity contribution is 0.477. The number of rotatable bonds is 8. The van der Waals surface area contributed by atoms with Gasteiger partial charge in [-0.05, 0) is 101 Å². The maximum Gasteiger partial charge on any atom is 0.0531 e. The Labute approximate surface area is 353 Å². The summed E-state index contributed by atoms with van der Waals surface area (Å²) in [4.78, 5) is 4.91. The quantitative estimate of drug-likeness (QED) is 0.159. The molecule has 59 heavy (non-hydrogen) atoms. The summed E-state index contributed by atoms with van der Waals surface area (Å²) in [6.07, 6.45) is 20.0. The Morgan fingerprint density at radius 1 is 0.729 bits per heavy atom. The average molecular weight is 774 g/mol. The summed E-state index contributed by atoms with van der Waals surface area (Å²) in [6, 6.07) is 45.0. The molecular weight excluding hydrogens is 715 g/mol. The highest BCUT2D eigenvalue weighted by Gasteiger charge is 2.27. The zero-order chi connectivity index (χ0) is 41.7. The molecule has 2 N–H and O–H groups in total. The van der Waals surface area contributed by atoms with Crippen molar-refractivity contribution in [3.63, 3.8) is 0 Å². The molecule has 0 saturated heterocycles. The lowest BCUT2D eigenvalue weighted by Crippen LogP contribution is -2.27. The number of hydrogen-bond acceptors (Lipinski definition) is 3. The number of para-hydroxylation sites is 2. The van der Waals surface area contributed by atoms with Crippen LogP contribution in [-0.4, -0.2) is 4.90 Å². The predicted octanol–water partition coefficient (Wildman–Crippen LogP) is 15.0. The van der Waals surface area contributed by atoms with Crippen molar-refractivity contribution < 1.29 is 0 Å². The number of fused-ring (bicyclic) bond motifs is 2. The van der Waals surface area contributed by atoms with Crippen molar-refractivity contribution in [2.45, 2.75) is 66.7 Å². The fourth-order valence-electron chi connectivity index (χ4n) is 7.93. The summed E-state index contributed by atoms with van der Waals surface area (Å²) in [5, 5.41) is 0. The van der Waals surface area contributed by atoms with Crippen LogP contribution in [0.25, 0.3) is 16.7 Å². The van der Waals surface area contributed by atoms with Gasteiger partial charge in [-0.15, -0.1) is 0 Å². The van der Waals surface area contributed by atoms with E-state index < -0.39 is 0 Å². The van der Waals surface area contributed by atoms with Crippen LogP contribution in [0.5, 0.6) is 0 Å². The summed E-state index contributed by atoms with van der Waals surface area (Å²) in [5.74, 6) is 0. The topological polar surface area (TPSA) is 32.5 Å². The molecule has 298 valence electrons. The maximum atomic E-state index is 6.49. The molecule has 0 aromatic heterocycles. The van der Waals surface area contributed by atoms with E-state index in [-0.39, 0.29) is 0 Å². The highest BCUT2D eigenvalue weighted by Crippen LogP contribution is 2.42. The second-order valence-corrected chi connectivity index (χ2v) is 14.5. The third-order valence-corrected chi connectivity index (χ3v) is 10.9. The Hall–Kier alpha value is -6.58. The molecule has 1 heterocycles. The number of nitrogens with zero attached hydrogens (tertiary/aromatic N) is 2. The number of allylic oxidation sites excluding steroid dienone is 11. The lowest BCUT2D eigenvalue weighted by Gasteiger charge is -2.37. The van der Waals surface area contributed by atoms with Gasteiger partial charge in [-0.3, -0.25) is 0 Å². The SMILES string of the molecule is C=C1/C=C\C(C)=C(\N(C2=CC=CC2)/C2=C/N(c3ccc(C/C=C(/c4ccccc4)c4ccccc4N)cc3)c3ccccc3C(=C)CC2)Cc2ccccc21.CC.CC. The van der Waals surface area contributed by atoms with Gasteiger partial charge in [-0.2, -0.15) is 0 Å². The first-order valence-electron chi connectivity index (χ1n) is 21.2. The van der Waals surface area contributed by atoms with Crippen molar-refractivity contribution in [2.75, 3.05) is 10.6 Å². The molecule has 3 heteroatoms. The highest BCUT2D eigenvalue weighted by atomic mass is 15.2. The molecule has 0 fully saturated rings. The molecule has 0 saturated carbocycles. The van der Waals surface area contributed by atoms with Gasteiger partial charge in [-0.25, -0.2) is 0 Å². The van der Waals surface area contributed by atoms with Crippen molar-refractivity contribution >= 4 is 33.8 Å². The third kappa shape index (κ3) is 9.59. The Morgan fingerprint density at radius 3 is 2.14 bits per heavy atom. The molecule has 0 bridgehead atoms. The summed E-state index contributed by atoms with van der Waals surface area (Å²) in [6.45, 7) is 19.3. The van der Waals surface area contributed by atoms with Crippen LogP contribution in [0, 0.1) is 0 Å². The second-order valence-electron chi connectivity index (χ2n) is 14.5. The van der Waals surface area contributed by atoms with Crippen LogP contribution >= 0.6 is 0 Å². The number of hydrogen-bond donors (Lipinski definition) is 1. The van der Waals surface area contributed by atoms with Gasteiger partial charge >= 0.3 is 0 Å². The van der Waals surface area contributed by atoms with Gasteiger partial charge in [0.15, 0.2) is 0 Å². The monoisotopic (exact) mass is 773 g/mol. The van der Waals surface area contributed by atoms with E-state index in [1.54, 1.807) is 0 Å². The van der Waals surface area contributed by atoms with Crippen molar-refractivity contribution in [1.82, 2.24) is 4.90 Å². The van der Waals surface area contributed by atoms with Crippen LogP contribution in [0.15, 0.2) is 206 Å². The molecule has 0 atom stereocenters. The third-order valence-electron chi connectivity index (χ3n) is 10.9. The van der Waals surface area contributed by atoms with E-state index in [1.165, 1.54) is 44.9 Å². The van der Waals surface area contributed by atoms with E-state index in [0.29, 0.717) is 0 Å². The van der Waals surface area contributed by atoms with Crippen LogP contribution in [0.2, 0.25) is 0 Å².